The summed E-state index contributed by atoms with van der Waals surface area (Å²) in [6, 6.07) is 16.1. The van der Waals surface area contributed by atoms with Gasteiger partial charge in [-0.15, -0.1) is 0 Å². The van der Waals surface area contributed by atoms with E-state index in [4.69, 9.17) is 18.0 Å². The molecule has 0 bridgehead atoms. The molecule has 2 aromatic rings. The molecule has 0 fully saturated rings. The van der Waals surface area contributed by atoms with Gasteiger partial charge in [-0.25, -0.2) is 4.98 Å². The summed E-state index contributed by atoms with van der Waals surface area (Å²) in [5, 5.41) is 0. The Balaban J connectivity index is 2.31. The summed E-state index contributed by atoms with van der Waals surface area (Å²) in [6.07, 6.45) is 0.667. The molecule has 0 atom stereocenters. The van der Waals surface area contributed by atoms with E-state index in [1.165, 1.54) is 0 Å². The lowest BCUT2D eigenvalue weighted by atomic mass is 10.2. The van der Waals surface area contributed by atoms with E-state index in [-0.39, 0.29) is 0 Å². The number of aryl methyl sites for hydroxylation is 1. The highest BCUT2D eigenvalue weighted by atomic mass is 32.1. The second kappa shape index (κ2) is 6.29. The quantitative estimate of drug-likeness (QED) is 0.848. The van der Waals surface area contributed by atoms with Crippen LogP contribution in [0.15, 0.2) is 48.5 Å². The van der Waals surface area contributed by atoms with Crippen molar-refractivity contribution in [1.82, 2.24) is 4.98 Å². The van der Waals surface area contributed by atoms with Gasteiger partial charge in [0.1, 0.15) is 5.82 Å². The molecule has 0 aliphatic rings. The standard InChI is InChI=1S/C15H17N3S/c1-12-6-5-9-15(17-12)18(11-10-14(16)19)13-7-3-2-4-8-13/h2-9H,10-11H2,1H3,(H2,16,19). The van der Waals surface area contributed by atoms with Crippen LogP contribution < -0.4 is 10.6 Å². The first-order valence-electron chi connectivity index (χ1n) is 6.21. The van der Waals surface area contributed by atoms with Crippen molar-refractivity contribution in [2.45, 2.75) is 13.3 Å². The van der Waals surface area contributed by atoms with E-state index >= 15 is 0 Å². The minimum absolute atomic E-state index is 0.522. The maximum Gasteiger partial charge on any atom is 0.133 e. The zero-order valence-corrected chi connectivity index (χ0v) is 11.7. The molecule has 0 radical (unpaired) electrons. The first-order valence-corrected chi connectivity index (χ1v) is 6.62. The number of thiocarbonyl (C=S) groups is 1. The topological polar surface area (TPSA) is 42.1 Å². The molecule has 3 nitrogen and oxygen atoms in total. The van der Waals surface area contributed by atoms with E-state index in [0.717, 1.165) is 23.7 Å². The number of hydrogen-bond acceptors (Lipinski definition) is 3. The first-order chi connectivity index (χ1) is 9.16. The molecule has 4 heteroatoms. The smallest absolute Gasteiger partial charge is 0.133 e. The Morgan fingerprint density at radius 1 is 1.16 bits per heavy atom. The van der Waals surface area contributed by atoms with Crippen LogP contribution in [0.1, 0.15) is 12.1 Å². The van der Waals surface area contributed by atoms with Crippen molar-refractivity contribution >= 4 is 28.7 Å². The van der Waals surface area contributed by atoms with Gasteiger partial charge >= 0.3 is 0 Å². The largest absolute Gasteiger partial charge is 0.393 e. The van der Waals surface area contributed by atoms with Gasteiger partial charge in [0.25, 0.3) is 0 Å². The highest BCUT2D eigenvalue weighted by molar-refractivity contribution is 7.80. The summed E-state index contributed by atoms with van der Waals surface area (Å²) in [4.78, 5) is 7.22. The average molecular weight is 271 g/mol. The van der Waals surface area contributed by atoms with Gasteiger partial charge in [0, 0.05) is 24.3 Å². The maximum absolute atomic E-state index is 5.61. The number of para-hydroxylation sites is 1. The molecule has 1 aromatic carbocycles. The predicted octanol–water partition coefficient (Wildman–Crippen LogP) is 3.20. The number of aromatic nitrogens is 1. The average Bonchev–Trinajstić information content (AvgIpc) is 2.40. The number of nitrogens with two attached hydrogens (primary N) is 1. The highest BCUT2D eigenvalue weighted by Crippen LogP contribution is 2.23. The van der Waals surface area contributed by atoms with Gasteiger partial charge in [-0.05, 0) is 31.2 Å². The Hall–Kier alpha value is -1.94. The molecule has 1 heterocycles. The lowest BCUT2D eigenvalue weighted by Crippen LogP contribution is -2.23. The van der Waals surface area contributed by atoms with Crippen LogP contribution in [0.4, 0.5) is 11.5 Å². The Kier molecular flexibility index (Phi) is 4.47. The Bertz CT molecular complexity index is 554. The van der Waals surface area contributed by atoms with Gasteiger partial charge in [-0.2, -0.15) is 0 Å². The van der Waals surface area contributed by atoms with Crippen molar-refractivity contribution in [3.05, 3.63) is 54.2 Å². The zero-order valence-electron chi connectivity index (χ0n) is 10.9. The van der Waals surface area contributed by atoms with Crippen LogP contribution in [0.2, 0.25) is 0 Å². The monoisotopic (exact) mass is 271 g/mol. The second-order valence-electron chi connectivity index (χ2n) is 4.34. The molecule has 98 valence electrons. The number of hydrogen-bond donors (Lipinski definition) is 1. The summed E-state index contributed by atoms with van der Waals surface area (Å²) < 4.78 is 0. The lowest BCUT2D eigenvalue weighted by Gasteiger charge is -2.24. The fraction of sp³-hybridized carbons (Fsp3) is 0.200. The van der Waals surface area contributed by atoms with Crippen LogP contribution in [0.3, 0.4) is 0 Å². The molecule has 0 unspecified atom stereocenters. The molecule has 2 N–H and O–H groups in total. The number of pyridine rings is 1. The summed E-state index contributed by atoms with van der Waals surface area (Å²) >= 11 is 4.97. The van der Waals surface area contributed by atoms with Gasteiger partial charge in [-0.3, -0.25) is 0 Å². The normalized spacial score (nSPS) is 10.2. The molecular formula is C15H17N3S. The van der Waals surface area contributed by atoms with Gasteiger partial charge in [0.2, 0.25) is 0 Å². The highest BCUT2D eigenvalue weighted by Gasteiger charge is 2.10. The molecule has 0 aliphatic heterocycles. The summed E-state index contributed by atoms with van der Waals surface area (Å²) in [5.74, 6) is 0.919. The molecule has 0 spiro atoms. The van der Waals surface area contributed by atoms with E-state index in [1.54, 1.807) is 0 Å². The maximum atomic E-state index is 5.61. The van der Waals surface area contributed by atoms with E-state index in [2.05, 4.69) is 22.0 Å². The molecule has 0 saturated carbocycles. The molecule has 0 saturated heterocycles. The Labute approximate surface area is 119 Å². The lowest BCUT2D eigenvalue weighted by molar-refractivity contribution is 0.937. The molecule has 0 aliphatic carbocycles. The van der Waals surface area contributed by atoms with Crippen molar-refractivity contribution < 1.29 is 0 Å². The number of anilines is 2. The number of nitrogens with zero attached hydrogens (tertiary/aromatic N) is 2. The third-order valence-corrected chi connectivity index (χ3v) is 3.00. The number of rotatable bonds is 5. The van der Waals surface area contributed by atoms with Gasteiger partial charge < -0.3 is 10.6 Å². The minimum atomic E-state index is 0.522. The number of benzene rings is 1. The zero-order chi connectivity index (χ0) is 13.7. The van der Waals surface area contributed by atoms with Crippen LogP contribution in [-0.4, -0.2) is 16.5 Å². The van der Waals surface area contributed by atoms with E-state index in [0.29, 0.717) is 11.4 Å². The second-order valence-corrected chi connectivity index (χ2v) is 4.87. The summed E-state index contributed by atoms with van der Waals surface area (Å²) in [6.45, 7) is 2.72. The van der Waals surface area contributed by atoms with Crippen LogP contribution >= 0.6 is 12.2 Å². The van der Waals surface area contributed by atoms with Crippen LogP contribution in [0.25, 0.3) is 0 Å². The minimum Gasteiger partial charge on any atom is -0.393 e. The van der Waals surface area contributed by atoms with Gasteiger partial charge in [0.05, 0.1) is 4.99 Å². The molecule has 19 heavy (non-hydrogen) atoms. The van der Waals surface area contributed by atoms with Crippen LogP contribution in [-0.2, 0) is 0 Å². The molecule has 2 rings (SSSR count). The van der Waals surface area contributed by atoms with E-state index in [1.807, 2.05) is 43.3 Å². The van der Waals surface area contributed by atoms with Gasteiger partial charge in [0.15, 0.2) is 0 Å². The SMILES string of the molecule is Cc1cccc(N(CCC(N)=S)c2ccccc2)n1. The van der Waals surface area contributed by atoms with Crippen molar-refractivity contribution in [1.29, 1.82) is 0 Å². The fourth-order valence-electron chi connectivity index (χ4n) is 1.88. The van der Waals surface area contributed by atoms with Crippen LogP contribution in [0, 0.1) is 6.92 Å². The molecule has 1 aromatic heterocycles. The first kappa shape index (κ1) is 13.5. The Morgan fingerprint density at radius 2 is 1.89 bits per heavy atom. The third-order valence-electron chi connectivity index (χ3n) is 2.80. The van der Waals surface area contributed by atoms with Gasteiger partial charge in [-0.1, -0.05) is 36.5 Å². The van der Waals surface area contributed by atoms with Crippen molar-refractivity contribution in [3.63, 3.8) is 0 Å². The Morgan fingerprint density at radius 3 is 2.53 bits per heavy atom. The molecule has 0 amide bonds. The van der Waals surface area contributed by atoms with Crippen LogP contribution in [0.5, 0.6) is 0 Å². The van der Waals surface area contributed by atoms with E-state index in [9.17, 15) is 0 Å². The van der Waals surface area contributed by atoms with Crippen molar-refractivity contribution in [2.24, 2.45) is 5.73 Å². The fourth-order valence-corrected chi connectivity index (χ4v) is 1.98. The van der Waals surface area contributed by atoms with E-state index < -0.39 is 0 Å². The summed E-state index contributed by atoms with van der Waals surface area (Å²) in [7, 11) is 0. The van der Waals surface area contributed by atoms with Crippen molar-refractivity contribution in [3.8, 4) is 0 Å². The van der Waals surface area contributed by atoms with Crippen molar-refractivity contribution in [2.75, 3.05) is 11.4 Å². The molecular weight excluding hydrogens is 254 g/mol. The predicted molar refractivity (Wildman–Crippen MR) is 83.8 cm³/mol. The third kappa shape index (κ3) is 3.76. The summed E-state index contributed by atoms with van der Waals surface area (Å²) in [5.41, 5.74) is 7.70.